The molecule has 0 aromatic rings. The summed E-state index contributed by atoms with van der Waals surface area (Å²) in [6, 6.07) is -0.857. The fourth-order valence-corrected chi connectivity index (χ4v) is 4.50. The second kappa shape index (κ2) is 19.1. The maximum atomic E-state index is 13.0. The molecule has 0 unspecified atom stereocenters. The number of carbonyl (C=O) groups is 8. The third-order valence-electron chi connectivity index (χ3n) is 6.89. The van der Waals surface area contributed by atoms with Crippen molar-refractivity contribution in [3.63, 3.8) is 0 Å². The van der Waals surface area contributed by atoms with Crippen LogP contribution in [0.5, 0.6) is 0 Å². The molecule has 46 heavy (non-hydrogen) atoms. The van der Waals surface area contributed by atoms with Crippen molar-refractivity contribution in [3.05, 3.63) is 24.3 Å². The normalized spacial score (nSPS) is 14.9. The lowest BCUT2D eigenvalue weighted by molar-refractivity contribution is -0.139. The Labute approximate surface area is 268 Å². The monoisotopic (exact) mass is 646 g/mol. The summed E-state index contributed by atoms with van der Waals surface area (Å²) in [6.45, 7) is 6.43. The van der Waals surface area contributed by atoms with Crippen LogP contribution in [0.25, 0.3) is 0 Å². The van der Waals surface area contributed by atoms with Gasteiger partial charge in [0.1, 0.15) is 11.6 Å². The molecule has 2 aliphatic heterocycles. The minimum atomic E-state index is -0.857. The van der Waals surface area contributed by atoms with Crippen molar-refractivity contribution < 1.29 is 43.1 Å². The number of imide groups is 2. The van der Waals surface area contributed by atoms with Crippen LogP contribution in [0.3, 0.4) is 0 Å². The molecule has 0 aliphatic carbocycles. The van der Waals surface area contributed by atoms with E-state index in [1.807, 2.05) is 0 Å². The van der Waals surface area contributed by atoms with Crippen LogP contribution in [-0.2, 0) is 38.3 Å². The van der Waals surface area contributed by atoms with Crippen LogP contribution in [0.2, 0.25) is 0 Å². The maximum Gasteiger partial charge on any atom is 0.407 e. The summed E-state index contributed by atoms with van der Waals surface area (Å²) >= 11 is 0. The number of hydrogen-bond acceptors (Lipinski definition) is 9. The Hall–Kier alpha value is -4.56. The van der Waals surface area contributed by atoms with E-state index in [4.69, 9.17) is 4.74 Å². The number of nitrogens with one attached hydrogen (secondary N) is 4. The van der Waals surface area contributed by atoms with Crippen molar-refractivity contribution in [1.29, 1.82) is 0 Å². The highest BCUT2D eigenvalue weighted by molar-refractivity contribution is 6.13. The van der Waals surface area contributed by atoms with Crippen LogP contribution in [-0.4, -0.2) is 102 Å². The first kappa shape index (κ1) is 37.6. The number of unbranched alkanes of at least 4 members (excludes halogenated alkanes) is 4. The molecule has 254 valence electrons. The average molecular weight is 647 g/mol. The SMILES string of the molecule is CC(C)(C)OC(=O)NCCCCCCNC(=O)[C@H](CCCCNC(=O)CCN1C(=O)C=CC1=O)NC(=O)CCN1C(=O)C=CC1=O. The standard InChI is InChI=1S/C31H46N6O9/c1-31(2,3)46-30(45)34-19-8-5-4-7-18-33-29(44)22(35-24(39)16-21-37-27(42)13-14-28(37)43)10-6-9-17-32-23(38)15-20-36-25(40)11-12-26(36)41/h11-14,22H,4-10,15-21H2,1-3H3,(H,32,38)(H,33,44)(H,34,45)(H,35,39)/t22-/m0/s1. The van der Waals surface area contributed by atoms with Crippen LogP contribution in [0, 0.1) is 0 Å². The quantitative estimate of drug-likeness (QED) is 0.108. The van der Waals surface area contributed by atoms with Crippen LogP contribution in [0.1, 0.15) is 78.6 Å². The van der Waals surface area contributed by atoms with Gasteiger partial charge in [0.25, 0.3) is 23.6 Å². The van der Waals surface area contributed by atoms with E-state index in [-0.39, 0.29) is 44.2 Å². The molecule has 2 rings (SSSR count). The summed E-state index contributed by atoms with van der Waals surface area (Å²) in [5.41, 5.74) is -0.558. The Morgan fingerprint density at radius 1 is 0.652 bits per heavy atom. The van der Waals surface area contributed by atoms with Gasteiger partial charge < -0.3 is 26.0 Å². The first-order valence-corrected chi connectivity index (χ1v) is 15.6. The van der Waals surface area contributed by atoms with E-state index in [0.717, 1.165) is 53.4 Å². The number of hydrogen-bond donors (Lipinski definition) is 4. The second-order valence-corrected chi connectivity index (χ2v) is 11.9. The van der Waals surface area contributed by atoms with Crippen molar-refractivity contribution in [3.8, 4) is 0 Å². The lowest BCUT2D eigenvalue weighted by Gasteiger charge is -2.20. The van der Waals surface area contributed by atoms with Gasteiger partial charge in [0.2, 0.25) is 17.7 Å². The van der Waals surface area contributed by atoms with Gasteiger partial charge in [-0.05, 0) is 52.9 Å². The van der Waals surface area contributed by atoms with Gasteiger partial charge in [-0.1, -0.05) is 12.8 Å². The summed E-state index contributed by atoms with van der Waals surface area (Å²) in [6.07, 6.45) is 8.32. The van der Waals surface area contributed by atoms with E-state index < -0.39 is 47.3 Å². The van der Waals surface area contributed by atoms with Gasteiger partial charge in [0.15, 0.2) is 0 Å². The molecule has 15 nitrogen and oxygen atoms in total. The molecule has 15 heteroatoms. The van der Waals surface area contributed by atoms with Crippen molar-refractivity contribution in [2.24, 2.45) is 0 Å². The van der Waals surface area contributed by atoms with Crippen LogP contribution < -0.4 is 21.3 Å². The second-order valence-electron chi connectivity index (χ2n) is 11.9. The Morgan fingerprint density at radius 3 is 1.63 bits per heavy atom. The molecule has 0 aromatic carbocycles. The third-order valence-corrected chi connectivity index (χ3v) is 6.89. The lowest BCUT2D eigenvalue weighted by atomic mass is 10.1. The van der Waals surface area contributed by atoms with Crippen molar-refractivity contribution in [2.75, 3.05) is 32.7 Å². The molecule has 4 N–H and O–H groups in total. The van der Waals surface area contributed by atoms with Crippen LogP contribution >= 0.6 is 0 Å². The van der Waals surface area contributed by atoms with Gasteiger partial charge in [0.05, 0.1) is 0 Å². The summed E-state index contributed by atoms with van der Waals surface area (Å²) in [4.78, 5) is 98.0. The predicted octanol–water partition coefficient (Wildman–Crippen LogP) is 0.589. The fraction of sp³-hybridized carbons (Fsp3) is 0.613. The molecule has 0 saturated heterocycles. The van der Waals surface area contributed by atoms with E-state index in [2.05, 4.69) is 21.3 Å². The first-order valence-electron chi connectivity index (χ1n) is 15.6. The molecule has 0 spiro atoms. The highest BCUT2D eigenvalue weighted by Crippen LogP contribution is 2.08. The summed E-state index contributed by atoms with van der Waals surface area (Å²) in [5, 5.41) is 10.9. The number of alkyl carbamates (subject to hydrolysis) is 1. The molecular formula is C31H46N6O9. The fourth-order valence-electron chi connectivity index (χ4n) is 4.50. The van der Waals surface area contributed by atoms with Gasteiger partial charge in [-0.25, -0.2) is 4.79 Å². The van der Waals surface area contributed by atoms with Gasteiger partial charge in [-0.2, -0.15) is 0 Å². The van der Waals surface area contributed by atoms with E-state index in [0.29, 0.717) is 38.9 Å². The van der Waals surface area contributed by atoms with Crippen LogP contribution in [0.15, 0.2) is 24.3 Å². The van der Waals surface area contributed by atoms with Gasteiger partial charge in [-0.3, -0.25) is 43.4 Å². The Bertz CT molecular complexity index is 1170. The molecular weight excluding hydrogens is 600 g/mol. The number of amides is 8. The van der Waals surface area contributed by atoms with Crippen molar-refractivity contribution in [1.82, 2.24) is 31.1 Å². The molecule has 0 bridgehead atoms. The summed E-state index contributed by atoms with van der Waals surface area (Å²) in [5.74, 6) is -3.07. The molecule has 2 aliphatic rings. The molecule has 1 atom stereocenters. The first-order chi connectivity index (χ1) is 21.8. The zero-order chi connectivity index (χ0) is 34.1. The number of ether oxygens (including phenoxy) is 1. The zero-order valence-corrected chi connectivity index (χ0v) is 26.9. The summed E-state index contributed by atoms with van der Waals surface area (Å²) in [7, 11) is 0. The Morgan fingerprint density at radius 2 is 1.11 bits per heavy atom. The molecule has 0 saturated carbocycles. The van der Waals surface area contributed by atoms with Gasteiger partial charge in [0, 0.05) is 69.9 Å². The smallest absolute Gasteiger partial charge is 0.407 e. The molecule has 8 amide bonds. The zero-order valence-electron chi connectivity index (χ0n) is 26.9. The summed E-state index contributed by atoms with van der Waals surface area (Å²) < 4.78 is 5.19. The minimum absolute atomic E-state index is 0.0154. The molecule has 2 heterocycles. The number of carbonyl (C=O) groups excluding carboxylic acids is 8. The highest BCUT2D eigenvalue weighted by Gasteiger charge is 2.26. The van der Waals surface area contributed by atoms with Gasteiger partial charge in [-0.15, -0.1) is 0 Å². The Balaban J connectivity index is 1.71. The van der Waals surface area contributed by atoms with E-state index in [1.165, 1.54) is 0 Å². The maximum absolute atomic E-state index is 13.0. The largest absolute Gasteiger partial charge is 0.444 e. The van der Waals surface area contributed by atoms with E-state index >= 15 is 0 Å². The van der Waals surface area contributed by atoms with Crippen molar-refractivity contribution in [2.45, 2.75) is 90.2 Å². The molecule has 0 radical (unpaired) electrons. The predicted molar refractivity (Wildman–Crippen MR) is 165 cm³/mol. The number of nitrogens with zero attached hydrogens (tertiary/aromatic N) is 2. The van der Waals surface area contributed by atoms with E-state index in [1.54, 1.807) is 20.8 Å². The molecule has 0 fully saturated rings. The average Bonchev–Trinajstić information content (AvgIpc) is 3.48. The number of rotatable bonds is 20. The topological polar surface area (TPSA) is 200 Å². The lowest BCUT2D eigenvalue weighted by Crippen LogP contribution is -2.47. The highest BCUT2D eigenvalue weighted by atomic mass is 16.6. The van der Waals surface area contributed by atoms with E-state index in [9.17, 15) is 38.4 Å². The van der Waals surface area contributed by atoms with Gasteiger partial charge >= 0.3 is 6.09 Å². The van der Waals surface area contributed by atoms with Crippen LogP contribution in [0.4, 0.5) is 4.79 Å². The Kier molecular flexibility index (Phi) is 15.6. The molecule has 0 aromatic heterocycles. The minimum Gasteiger partial charge on any atom is -0.444 e. The third kappa shape index (κ3) is 14.5. The van der Waals surface area contributed by atoms with Crippen molar-refractivity contribution >= 4 is 47.4 Å².